The minimum Gasteiger partial charge on any atom is -0.396 e. The van der Waals surface area contributed by atoms with E-state index in [1.54, 1.807) is 0 Å². The van der Waals surface area contributed by atoms with Crippen molar-refractivity contribution < 1.29 is 29.2 Å². The number of ether oxygens (including phenoxy) is 4. The minimum absolute atomic E-state index is 0.0496. The molecule has 0 amide bonds. The Hall–Kier alpha value is -1.02. The predicted molar refractivity (Wildman–Crippen MR) is 130 cm³/mol. The van der Waals surface area contributed by atoms with Gasteiger partial charge in [0.15, 0.2) is 11.6 Å². The van der Waals surface area contributed by atoms with Crippen molar-refractivity contribution in [2.75, 3.05) is 39.6 Å². The predicted octanol–water partition coefficient (Wildman–Crippen LogP) is 4.42. The summed E-state index contributed by atoms with van der Waals surface area (Å²) >= 11 is 0. The molecular weight excluding hydrogens is 432 g/mol. The van der Waals surface area contributed by atoms with Gasteiger partial charge in [-0.1, -0.05) is 52.0 Å². The van der Waals surface area contributed by atoms with Crippen LogP contribution in [0.5, 0.6) is 0 Å². The monoisotopic (exact) mass is 476 g/mol. The Bertz CT molecular complexity index is 736. The quantitative estimate of drug-likeness (QED) is 0.607. The molecule has 0 unspecified atom stereocenters. The molecule has 6 nitrogen and oxygen atoms in total. The number of rotatable bonds is 7. The van der Waals surface area contributed by atoms with E-state index < -0.39 is 11.6 Å². The van der Waals surface area contributed by atoms with E-state index in [0.29, 0.717) is 38.8 Å². The lowest BCUT2D eigenvalue weighted by molar-refractivity contribution is -0.393. The first-order valence-corrected chi connectivity index (χ1v) is 13.1. The lowest BCUT2D eigenvalue weighted by Gasteiger charge is -2.56. The highest BCUT2D eigenvalue weighted by Crippen LogP contribution is 2.52. The van der Waals surface area contributed by atoms with Crippen LogP contribution < -0.4 is 0 Å². The molecule has 0 atom stereocenters. The van der Waals surface area contributed by atoms with Gasteiger partial charge in [-0.15, -0.1) is 0 Å². The largest absolute Gasteiger partial charge is 0.396 e. The maximum absolute atomic E-state index is 9.97. The smallest absolute Gasteiger partial charge is 0.174 e. The third-order valence-corrected chi connectivity index (χ3v) is 8.48. The van der Waals surface area contributed by atoms with Crippen LogP contribution in [-0.2, 0) is 25.4 Å². The Morgan fingerprint density at radius 3 is 1.59 bits per heavy atom. The second-order valence-corrected chi connectivity index (χ2v) is 11.6. The van der Waals surface area contributed by atoms with Gasteiger partial charge in [0.05, 0.1) is 46.1 Å². The van der Waals surface area contributed by atoms with Crippen molar-refractivity contribution in [3.05, 3.63) is 35.4 Å². The third-order valence-electron chi connectivity index (χ3n) is 8.48. The molecule has 2 aliphatic heterocycles. The van der Waals surface area contributed by atoms with Crippen molar-refractivity contribution in [2.24, 2.45) is 16.7 Å². The number of hydrogen-bond donors (Lipinski definition) is 2. The van der Waals surface area contributed by atoms with E-state index in [9.17, 15) is 10.2 Å². The molecule has 192 valence electrons. The summed E-state index contributed by atoms with van der Waals surface area (Å²) in [5.74, 6) is -0.832. The van der Waals surface area contributed by atoms with Crippen molar-refractivity contribution >= 4 is 0 Å². The highest BCUT2D eigenvalue weighted by Gasteiger charge is 2.57. The Morgan fingerprint density at radius 1 is 0.794 bits per heavy atom. The van der Waals surface area contributed by atoms with Crippen molar-refractivity contribution in [1.29, 1.82) is 0 Å². The first-order valence-electron chi connectivity index (χ1n) is 13.1. The van der Waals surface area contributed by atoms with Crippen LogP contribution in [0.1, 0.15) is 76.8 Å². The average Bonchev–Trinajstić information content (AvgIpc) is 2.86. The molecule has 4 rings (SSSR count). The fraction of sp³-hybridized carbons (Fsp3) is 0.786. The second-order valence-electron chi connectivity index (χ2n) is 11.6. The van der Waals surface area contributed by atoms with Gasteiger partial charge in [0.1, 0.15) is 0 Å². The van der Waals surface area contributed by atoms with Crippen molar-refractivity contribution in [3.8, 4) is 0 Å². The molecule has 3 fully saturated rings. The summed E-state index contributed by atoms with van der Waals surface area (Å²) < 4.78 is 25.9. The molecule has 1 aromatic rings. The number of aliphatic hydroxyl groups excluding tert-OH is 2. The van der Waals surface area contributed by atoms with Gasteiger partial charge in [-0.05, 0) is 42.2 Å². The average molecular weight is 477 g/mol. The highest BCUT2D eigenvalue weighted by molar-refractivity contribution is 5.27. The zero-order chi connectivity index (χ0) is 24.5. The molecule has 1 aromatic carbocycles. The summed E-state index contributed by atoms with van der Waals surface area (Å²) in [5, 5.41) is 19.9. The fourth-order valence-corrected chi connectivity index (χ4v) is 5.57. The normalized spacial score (nSPS) is 38.6. The zero-order valence-electron chi connectivity index (χ0n) is 21.5. The van der Waals surface area contributed by atoms with E-state index in [-0.39, 0.29) is 30.0 Å². The molecule has 2 saturated heterocycles. The molecule has 1 saturated carbocycles. The zero-order valence-corrected chi connectivity index (χ0v) is 21.5. The maximum Gasteiger partial charge on any atom is 0.174 e. The minimum atomic E-state index is -0.807. The molecule has 3 aliphatic rings. The number of hydrogen-bond acceptors (Lipinski definition) is 6. The van der Waals surface area contributed by atoms with E-state index in [1.165, 1.54) is 11.1 Å². The van der Waals surface area contributed by atoms with E-state index in [1.807, 2.05) is 0 Å². The third kappa shape index (κ3) is 5.23. The molecule has 2 spiro atoms. The number of aliphatic hydroxyl groups is 2. The lowest BCUT2D eigenvalue weighted by atomic mass is 9.74. The molecule has 0 bridgehead atoms. The van der Waals surface area contributed by atoms with Crippen LogP contribution in [0.4, 0.5) is 0 Å². The van der Waals surface area contributed by atoms with Gasteiger partial charge in [-0.2, -0.15) is 0 Å². The molecule has 6 heteroatoms. The van der Waals surface area contributed by atoms with Crippen LogP contribution in [0.25, 0.3) is 0 Å². The van der Waals surface area contributed by atoms with Crippen LogP contribution in [-0.4, -0.2) is 61.4 Å². The van der Waals surface area contributed by atoms with E-state index in [4.69, 9.17) is 18.9 Å². The van der Waals surface area contributed by atoms with E-state index in [0.717, 1.165) is 32.1 Å². The van der Waals surface area contributed by atoms with Gasteiger partial charge in [0.2, 0.25) is 0 Å². The Morgan fingerprint density at radius 2 is 1.24 bits per heavy atom. The Kier molecular flexibility index (Phi) is 7.78. The van der Waals surface area contributed by atoms with Crippen LogP contribution >= 0.6 is 0 Å². The SMILES string of the molecule is CCC1(CO)COC2(CC(c3ccc(CC(C)C)cc3)CC3(C2)OCC(CC)(CO)CO3)OC1. The van der Waals surface area contributed by atoms with Gasteiger partial charge < -0.3 is 29.2 Å². The lowest BCUT2D eigenvalue weighted by Crippen LogP contribution is -2.61. The van der Waals surface area contributed by atoms with Crippen LogP contribution in [0.15, 0.2) is 24.3 Å². The molecule has 1 aliphatic carbocycles. The summed E-state index contributed by atoms with van der Waals surface area (Å²) in [6.07, 6.45) is 4.63. The van der Waals surface area contributed by atoms with Gasteiger partial charge in [-0.25, -0.2) is 0 Å². The van der Waals surface area contributed by atoms with Crippen LogP contribution in [0, 0.1) is 16.7 Å². The van der Waals surface area contributed by atoms with Crippen molar-refractivity contribution in [1.82, 2.24) is 0 Å². The standard InChI is InChI=1S/C28H44O6/c1-5-25(15-29)17-31-27(32-18-25)12-24(23-9-7-22(8-10-23)11-21(3)4)13-28(14-27)33-19-26(6-2,16-30)20-34-28/h7-10,21,24,29-30H,5-6,11-20H2,1-4H3. The maximum atomic E-state index is 9.97. The summed E-state index contributed by atoms with van der Waals surface area (Å²) in [7, 11) is 0. The first kappa shape index (κ1) is 26.1. The van der Waals surface area contributed by atoms with Gasteiger partial charge in [0.25, 0.3) is 0 Å². The van der Waals surface area contributed by atoms with E-state index >= 15 is 0 Å². The van der Waals surface area contributed by atoms with Crippen LogP contribution in [0.2, 0.25) is 0 Å². The molecule has 2 heterocycles. The van der Waals surface area contributed by atoms with Gasteiger partial charge in [0, 0.05) is 23.7 Å². The van der Waals surface area contributed by atoms with Crippen LogP contribution in [0.3, 0.4) is 0 Å². The fourth-order valence-electron chi connectivity index (χ4n) is 5.57. The molecular formula is C28H44O6. The number of benzene rings is 1. The Balaban J connectivity index is 1.59. The summed E-state index contributed by atoms with van der Waals surface area (Å²) in [5.41, 5.74) is 1.88. The first-order chi connectivity index (χ1) is 16.2. The Labute approximate surface area is 204 Å². The summed E-state index contributed by atoms with van der Waals surface area (Å²) in [4.78, 5) is 0. The van der Waals surface area contributed by atoms with Gasteiger partial charge >= 0.3 is 0 Å². The van der Waals surface area contributed by atoms with Gasteiger partial charge in [-0.3, -0.25) is 0 Å². The van der Waals surface area contributed by atoms with E-state index in [2.05, 4.69) is 52.0 Å². The summed E-state index contributed by atoms with van der Waals surface area (Å²) in [6.45, 7) is 10.6. The van der Waals surface area contributed by atoms with Crippen molar-refractivity contribution in [3.63, 3.8) is 0 Å². The highest BCUT2D eigenvalue weighted by atomic mass is 16.7. The molecule has 0 radical (unpaired) electrons. The topological polar surface area (TPSA) is 77.4 Å². The molecule has 2 N–H and O–H groups in total. The molecule has 0 aromatic heterocycles. The molecule has 34 heavy (non-hydrogen) atoms. The van der Waals surface area contributed by atoms with Crippen molar-refractivity contribution in [2.45, 2.75) is 83.7 Å². The second kappa shape index (κ2) is 10.2. The summed E-state index contributed by atoms with van der Waals surface area (Å²) in [6, 6.07) is 8.93.